The second-order valence-electron chi connectivity index (χ2n) is 11.0. The van der Waals surface area contributed by atoms with Crippen LogP contribution in [0.3, 0.4) is 0 Å². The summed E-state index contributed by atoms with van der Waals surface area (Å²) in [4.78, 5) is 27.1. The van der Waals surface area contributed by atoms with Crippen LogP contribution in [0.25, 0.3) is 0 Å². The molecule has 3 aromatic carbocycles. The fourth-order valence-electron chi connectivity index (χ4n) is 5.71. The predicted octanol–water partition coefficient (Wildman–Crippen LogP) is 6.70. The van der Waals surface area contributed by atoms with Gasteiger partial charge < -0.3 is 24.3 Å². The van der Waals surface area contributed by atoms with Crippen LogP contribution in [-0.4, -0.2) is 63.5 Å². The van der Waals surface area contributed by atoms with Crippen LogP contribution in [0.1, 0.15) is 68.6 Å². The lowest BCUT2D eigenvalue weighted by Gasteiger charge is -2.36. The number of nitrogens with one attached hydrogen (secondary N) is 1. The van der Waals surface area contributed by atoms with Crippen molar-refractivity contribution in [2.24, 2.45) is 0 Å². The van der Waals surface area contributed by atoms with Crippen molar-refractivity contribution >= 4 is 12.0 Å². The standard InChI is InChI=1S/C36H46N2O6/c1-4-5-10-26-43-35(40)38-25-12-15-33(38)34(39)37-24-9-11-27-44-36(28-13-7-6-8-14-28,29-16-20-31(41-2)21-17-29)30-18-22-32(42-3)23-19-30/h6-8,13-14,16-23,33H,4-5,9-12,15,24-27H2,1-3H3,(H,37,39). The fraction of sp³-hybridized carbons (Fsp3) is 0.444. The van der Waals surface area contributed by atoms with E-state index in [0.29, 0.717) is 32.7 Å². The Hall–Kier alpha value is -4.04. The zero-order valence-electron chi connectivity index (χ0n) is 26.3. The molecule has 3 aromatic rings. The number of unbranched alkanes of at least 4 members (excludes halogenated alkanes) is 3. The summed E-state index contributed by atoms with van der Waals surface area (Å²) in [7, 11) is 3.31. The molecule has 0 radical (unpaired) electrons. The van der Waals surface area contributed by atoms with Crippen LogP contribution < -0.4 is 14.8 Å². The first-order valence-electron chi connectivity index (χ1n) is 15.7. The number of methoxy groups -OCH3 is 2. The molecule has 1 unspecified atom stereocenters. The van der Waals surface area contributed by atoms with Crippen LogP contribution in [0.4, 0.5) is 4.79 Å². The Balaban J connectivity index is 1.41. The van der Waals surface area contributed by atoms with Gasteiger partial charge >= 0.3 is 6.09 Å². The molecule has 8 nitrogen and oxygen atoms in total. The normalized spacial score (nSPS) is 14.7. The number of hydrogen-bond donors (Lipinski definition) is 1. The molecular weight excluding hydrogens is 556 g/mol. The number of ether oxygens (including phenoxy) is 4. The molecule has 1 N–H and O–H groups in total. The quantitative estimate of drug-likeness (QED) is 0.145. The van der Waals surface area contributed by atoms with E-state index < -0.39 is 11.6 Å². The summed E-state index contributed by atoms with van der Waals surface area (Å²) in [5, 5.41) is 3.03. The van der Waals surface area contributed by atoms with Crippen LogP contribution >= 0.6 is 0 Å². The average Bonchev–Trinajstić information content (AvgIpc) is 3.58. The van der Waals surface area contributed by atoms with E-state index in [1.54, 1.807) is 19.1 Å². The first-order chi connectivity index (χ1) is 21.5. The minimum absolute atomic E-state index is 0.121. The third-order valence-corrected chi connectivity index (χ3v) is 8.13. The molecule has 1 aliphatic rings. The minimum Gasteiger partial charge on any atom is -0.497 e. The van der Waals surface area contributed by atoms with Gasteiger partial charge in [0.15, 0.2) is 0 Å². The first-order valence-corrected chi connectivity index (χ1v) is 15.7. The topological polar surface area (TPSA) is 86.3 Å². The molecule has 0 aromatic heterocycles. The van der Waals surface area contributed by atoms with Crippen molar-refractivity contribution in [1.29, 1.82) is 0 Å². The lowest BCUT2D eigenvalue weighted by Crippen LogP contribution is -2.46. The molecule has 8 heteroatoms. The fourth-order valence-corrected chi connectivity index (χ4v) is 5.71. The molecule has 0 aliphatic carbocycles. The number of rotatable bonds is 16. The van der Waals surface area contributed by atoms with Gasteiger partial charge in [0.1, 0.15) is 23.1 Å². The van der Waals surface area contributed by atoms with E-state index >= 15 is 0 Å². The molecule has 1 heterocycles. The molecule has 0 bridgehead atoms. The largest absolute Gasteiger partial charge is 0.497 e. The Kier molecular flexibility index (Phi) is 12.5. The van der Waals surface area contributed by atoms with E-state index in [9.17, 15) is 9.59 Å². The number of likely N-dealkylation sites (tertiary alicyclic amines) is 1. The summed E-state index contributed by atoms with van der Waals surface area (Å²) in [6.07, 6.45) is 5.46. The maximum Gasteiger partial charge on any atom is 0.410 e. The molecule has 4 rings (SSSR count). The third kappa shape index (κ3) is 8.11. The van der Waals surface area contributed by atoms with Crippen LogP contribution in [0, 0.1) is 0 Å². The monoisotopic (exact) mass is 602 g/mol. The van der Waals surface area contributed by atoms with Crippen molar-refractivity contribution in [2.45, 2.75) is 63.5 Å². The van der Waals surface area contributed by atoms with Crippen LogP contribution in [0.5, 0.6) is 11.5 Å². The molecule has 1 fully saturated rings. The molecule has 236 valence electrons. The number of nitrogens with zero attached hydrogens (tertiary/aromatic N) is 1. The molecule has 1 saturated heterocycles. The molecule has 0 spiro atoms. The lowest BCUT2D eigenvalue weighted by atomic mass is 9.80. The number of amides is 2. The zero-order valence-corrected chi connectivity index (χ0v) is 26.3. The molecule has 2 amide bonds. The smallest absolute Gasteiger partial charge is 0.410 e. The average molecular weight is 603 g/mol. The first kappa shape index (κ1) is 32.9. The van der Waals surface area contributed by atoms with E-state index in [0.717, 1.165) is 66.7 Å². The van der Waals surface area contributed by atoms with Crippen LogP contribution in [0.2, 0.25) is 0 Å². The van der Waals surface area contributed by atoms with Gasteiger partial charge in [0.25, 0.3) is 0 Å². The highest BCUT2D eigenvalue weighted by Crippen LogP contribution is 2.41. The van der Waals surface area contributed by atoms with Gasteiger partial charge in [-0.2, -0.15) is 0 Å². The van der Waals surface area contributed by atoms with Crippen LogP contribution in [-0.2, 0) is 19.9 Å². The molecule has 1 aliphatic heterocycles. The summed E-state index contributed by atoms with van der Waals surface area (Å²) in [6.45, 7) is 4.02. The molecule has 1 atom stereocenters. The zero-order chi connectivity index (χ0) is 31.2. The second kappa shape index (κ2) is 16.7. The number of carbonyl (C=O) groups excluding carboxylic acids is 2. The van der Waals surface area contributed by atoms with Crippen molar-refractivity contribution in [1.82, 2.24) is 10.2 Å². The minimum atomic E-state index is -0.870. The molecular formula is C36H46N2O6. The second-order valence-corrected chi connectivity index (χ2v) is 11.0. The number of carbonyl (C=O) groups is 2. The van der Waals surface area contributed by atoms with Gasteiger partial charge in [-0.1, -0.05) is 74.4 Å². The van der Waals surface area contributed by atoms with Crippen molar-refractivity contribution in [3.8, 4) is 11.5 Å². The van der Waals surface area contributed by atoms with Gasteiger partial charge in [0.05, 0.1) is 20.8 Å². The maximum atomic E-state index is 13.0. The van der Waals surface area contributed by atoms with E-state index in [1.807, 2.05) is 66.7 Å². The Labute approximate surface area is 261 Å². The Morgan fingerprint density at radius 2 is 1.39 bits per heavy atom. The summed E-state index contributed by atoms with van der Waals surface area (Å²) >= 11 is 0. The summed E-state index contributed by atoms with van der Waals surface area (Å²) in [5.41, 5.74) is 2.09. The molecule has 0 saturated carbocycles. The lowest BCUT2D eigenvalue weighted by molar-refractivity contribution is -0.125. The summed E-state index contributed by atoms with van der Waals surface area (Å²) < 4.78 is 23.2. The Morgan fingerprint density at radius 3 is 1.98 bits per heavy atom. The number of benzene rings is 3. The van der Waals surface area contributed by atoms with Gasteiger partial charge in [-0.15, -0.1) is 0 Å². The van der Waals surface area contributed by atoms with Crippen molar-refractivity contribution in [3.05, 3.63) is 95.6 Å². The van der Waals surface area contributed by atoms with E-state index in [-0.39, 0.29) is 12.0 Å². The highest BCUT2D eigenvalue weighted by Gasteiger charge is 2.38. The van der Waals surface area contributed by atoms with Gasteiger partial charge in [-0.25, -0.2) is 4.79 Å². The van der Waals surface area contributed by atoms with E-state index in [2.05, 4.69) is 24.4 Å². The SMILES string of the molecule is CCCCCOC(=O)N1CCCC1C(=O)NCCCCOC(c1ccccc1)(c1ccc(OC)cc1)c1ccc(OC)cc1. The third-order valence-electron chi connectivity index (χ3n) is 8.13. The van der Waals surface area contributed by atoms with Gasteiger partial charge in [0, 0.05) is 19.7 Å². The Morgan fingerprint density at radius 1 is 0.795 bits per heavy atom. The maximum absolute atomic E-state index is 13.0. The van der Waals surface area contributed by atoms with Crippen molar-refractivity contribution in [3.63, 3.8) is 0 Å². The highest BCUT2D eigenvalue weighted by atomic mass is 16.6. The number of hydrogen-bond acceptors (Lipinski definition) is 6. The van der Waals surface area contributed by atoms with Gasteiger partial charge in [-0.3, -0.25) is 9.69 Å². The highest BCUT2D eigenvalue weighted by molar-refractivity contribution is 5.86. The summed E-state index contributed by atoms with van der Waals surface area (Å²) in [6, 6.07) is 25.7. The van der Waals surface area contributed by atoms with E-state index in [4.69, 9.17) is 18.9 Å². The van der Waals surface area contributed by atoms with Crippen molar-refractivity contribution in [2.75, 3.05) is 40.5 Å². The summed E-state index contributed by atoms with van der Waals surface area (Å²) in [5.74, 6) is 1.42. The van der Waals surface area contributed by atoms with Gasteiger partial charge in [-0.05, 0) is 73.1 Å². The van der Waals surface area contributed by atoms with Crippen molar-refractivity contribution < 1.29 is 28.5 Å². The van der Waals surface area contributed by atoms with Crippen LogP contribution in [0.15, 0.2) is 78.9 Å². The van der Waals surface area contributed by atoms with E-state index in [1.165, 1.54) is 0 Å². The molecule has 44 heavy (non-hydrogen) atoms. The van der Waals surface area contributed by atoms with Gasteiger partial charge in [0.2, 0.25) is 5.91 Å². The predicted molar refractivity (Wildman–Crippen MR) is 171 cm³/mol. The Bertz CT molecular complexity index is 1250.